The van der Waals surface area contributed by atoms with Crippen molar-refractivity contribution in [2.75, 3.05) is 5.75 Å². The molecule has 0 radical (unpaired) electrons. The fourth-order valence-electron chi connectivity index (χ4n) is 3.75. The van der Waals surface area contributed by atoms with Crippen LogP contribution in [-0.4, -0.2) is 34.0 Å². The number of thioether (sulfide) groups is 1. The lowest BCUT2D eigenvalue weighted by molar-refractivity contribution is -0.153. The van der Waals surface area contributed by atoms with Gasteiger partial charge < -0.3 is 15.1 Å². The molecule has 2 saturated carbocycles. The molecule has 0 spiro atoms. The van der Waals surface area contributed by atoms with Gasteiger partial charge in [-0.25, -0.2) is 8.78 Å². The summed E-state index contributed by atoms with van der Waals surface area (Å²) in [6.45, 7) is 0. The van der Waals surface area contributed by atoms with E-state index in [1.807, 2.05) is 0 Å². The number of rotatable bonds is 5. The summed E-state index contributed by atoms with van der Waals surface area (Å²) in [7, 11) is 0. The van der Waals surface area contributed by atoms with Crippen LogP contribution in [0.1, 0.15) is 0 Å². The number of hydrogen-bond acceptors (Lipinski definition) is 6. The molecule has 6 unspecified atom stereocenters. The largest absolute Gasteiger partial charge is 0.481 e. The number of aliphatic hydroxyl groups is 1. The molecule has 2 aliphatic rings. The van der Waals surface area contributed by atoms with Gasteiger partial charge >= 0.3 is 11.9 Å². The Kier molecular flexibility index (Phi) is 4.50. The van der Waals surface area contributed by atoms with Crippen LogP contribution in [-0.2, 0) is 14.4 Å². The third-order valence-corrected chi connectivity index (χ3v) is 5.99. The first-order valence-electron chi connectivity index (χ1n) is 7.26. The van der Waals surface area contributed by atoms with Gasteiger partial charge in [0.25, 0.3) is 0 Å². The fourth-order valence-corrected chi connectivity index (χ4v) is 4.89. The van der Waals surface area contributed by atoms with Gasteiger partial charge in [-0.05, 0) is 24.1 Å². The number of fused-ring (bicyclic) bond motifs is 1. The highest BCUT2D eigenvalue weighted by Gasteiger charge is 2.71. The SMILES string of the molecule is NOC(=O)C1C(CSc2ccc(F)c(F)c2)C(O)C2C(C(=O)O)C12. The average Bonchev–Trinajstić information content (AvgIpc) is 3.22. The third-order valence-electron chi connectivity index (χ3n) is 4.85. The molecule has 3 rings (SSSR count). The number of benzene rings is 1. The molecule has 130 valence electrons. The van der Waals surface area contributed by atoms with E-state index in [1.54, 1.807) is 0 Å². The Hall–Kier alpha value is -1.71. The molecule has 6 nitrogen and oxygen atoms in total. The van der Waals surface area contributed by atoms with Gasteiger partial charge in [-0.15, -0.1) is 11.8 Å². The van der Waals surface area contributed by atoms with Gasteiger partial charge in [0, 0.05) is 22.5 Å². The van der Waals surface area contributed by atoms with E-state index in [1.165, 1.54) is 6.07 Å². The van der Waals surface area contributed by atoms with E-state index in [9.17, 15) is 23.5 Å². The maximum atomic E-state index is 13.2. The third kappa shape index (κ3) is 2.76. The number of carbonyl (C=O) groups is 2. The highest BCUT2D eigenvalue weighted by atomic mass is 32.2. The van der Waals surface area contributed by atoms with Crippen molar-refractivity contribution in [3.05, 3.63) is 29.8 Å². The Morgan fingerprint density at radius 2 is 1.92 bits per heavy atom. The lowest BCUT2D eigenvalue weighted by atomic mass is 9.88. The van der Waals surface area contributed by atoms with Crippen LogP contribution in [0.2, 0.25) is 0 Å². The minimum absolute atomic E-state index is 0.228. The molecule has 4 N–H and O–H groups in total. The van der Waals surface area contributed by atoms with Crippen molar-refractivity contribution in [1.82, 2.24) is 0 Å². The molecular weight excluding hydrogens is 344 g/mol. The van der Waals surface area contributed by atoms with Crippen molar-refractivity contribution in [2.45, 2.75) is 11.0 Å². The molecular formula is C15H15F2NO5S. The zero-order chi connectivity index (χ0) is 17.6. The standard InChI is InChI=1S/C15H15F2NO5S/c16-7-2-1-5(3-8(7)17)24-4-6-9(15(22)23-18)10-11(13(6)19)12(10)14(20)21/h1-3,6,9-13,19H,4,18H2,(H,20,21). The van der Waals surface area contributed by atoms with Crippen molar-refractivity contribution >= 4 is 23.7 Å². The van der Waals surface area contributed by atoms with Crippen LogP contribution >= 0.6 is 11.8 Å². The number of carboxylic acids is 1. The Balaban J connectivity index is 1.73. The molecule has 0 aliphatic heterocycles. The molecule has 0 bridgehead atoms. The van der Waals surface area contributed by atoms with Gasteiger partial charge in [-0.1, -0.05) is 0 Å². The van der Waals surface area contributed by atoms with Crippen molar-refractivity contribution in [3.63, 3.8) is 0 Å². The summed E-state index contributed by atoms with van der Waals surface area (Å²) in [5, 5.41) is 19.5. The zero-order valence-corrected chi connectivity index (χ0v) is 13.1. The second-order valence-corrected chi connectivity index (χ2v) is 7.12. The summed E-state index contributed by atoms with van der Waals surface area (Å²) in [6.07, 6.45) is -0.988. The van der Waals surface area contributed by atoms with Crippen molar-refractivity contribution in [1.29, 1.82) is 0 Å². The van der Waals surface area contributed by atoms with E-state index in [4.69, 9.17) is 11.0 Å². The predicted octanol–water partition coefficient (Wildman–Crippen LogP) is 1.03. The van der Waals surface area contributed by atoms with Crippen LogP contribution in [0, 0.1) is 41.2 Å². The molecule has 2 fully saturated rings. The van der Waals surface area contributed by atoms with Gasteiger partial charge in [0.1, 0.15) is 0 Å². The molecule has 0 heterocycles. The van der Waals surface area contributed by atoms with E-state index in [2.05, 4.69) is 4.84 Å². The highest BCUT2D eigenvalue weighted by Crippen LogP contribution is 2.63. The molecule has 0 aromatic heterocycles. The number of carboxylic acid groups (broad SMARTS) is 1. The van der Waals surface area contributed by atoms with Gasteiger partial charge in [-0.2, -0.15) is 5.90 Å². The molecule has 1 aromatic rings. The molecule has 0 amide bonds. The van der Waals surface area contributed by atoms with Crippen LogP contribution in [0.15, 0.2) is 23.1 Å². The van der Waals surface area contributed by atoms with Gasteiger partial charge in [-0.3, -0.25) is 9.59 Å². The number of nitrogens with two attached hydrogens (primary N) is 1. The quantitative estimate of drug-likeness (QED) is 0.532. The summed E-state index contributed by atoms with van der Waals surface area (Å²) in [5.41, 5.74) is 0. The number of halogens is 2. The Morgan fingerprint density at radius 3 is 2.50 bits per heavy atom. The van der Waals surface area contributed by atoms with Crippen molar-refractivity contribution < 1.29 is 33.4 Å². The second kappa shape index (κ2) is 6.30. The normalized spacial score (nSPS) is 33.8. The second-order valence-electron chi connectivity index (χ2n) is 6.02. The predicted molar refractivity (Wildman–Crippen MR) is 78.5 cm³/mol. The molecule has 1 aromatic carbocycles. The van der Waals surface area contributed by atoms with E-state index in [0.29, 0.717) is 4.90 Å². The highest BCUT2D eigenvalue weighted by molar-refractivity contribution is 7.99. The zero-order valence-electron chi connectivity index (χ0n) is 12.3. The van der Waals surface area contributed by atoms with E-state index in [0.717, 1.165) is 23.9 Å². The van der Waals surface area contributed by atoms with Gasteiger partial charge in [0.15, 0.2) is 11.6 Å². The van der Waals surface area contributed by atoms with Crippen molar-refractivity contribution in [3.8, 4) is 0 Å². The Labute approximate surface area is 139 Å². The number of hydrogen-bond donors (Lipinski definition) is 3. The first-order chi connectivity index (χ1) is 11.4. The number of carbonyl (C=O) groups excluding carboxylic acids is 1. The van der Waals surface area contributed by atoms with Crippen LogP contribution < -0.4 is 5.90 Å². The first-order valence-corrected chi connectivity index (χ1v) is 8.24. The minimum atomic E-state index is -1.06. The van der Waals surface area contributed by atoms with Gasteiger partial charge in [0.2, 0.25) is 0 Å². The van der Waals surface area contributed by atoms with Crippen molar-refractivity contribution in [2.24, 2.45) is 35.5 Å². The minimum Gasteiger partial charge on any atom is -0.481 e. The van der Waals surface area contributed by atoms with Crippen LogP contribution in [0.5, 0.6) is 0 Å². The lowest BCUT2D eigenvalue weighted by Gasteiger charge is -2.24. The topological polar surface area (TPSA) is 110 Å². The van der Waals surface area contributed by atoms with E-state index in [-0.39, 0.29) is 5.75 Å². The molecule has 6 atom stereocenters. The average molecular weight is 359 g/mol. The Bertz CT molecular complexity index is 688. The van der Waals surface area contributed by atoms with Gasteiger partial charge in [0.05, 0.1) is 17.9 Å². The molecule has 0 saturated heterocycles. The van der Waals surface area contributed by atoms with Crippen LogP contribution in [0.3, 0.4) is 0 Å². The lowest BCUT2D eigenvalue weighted by Crippen LogP contribution is -2.36. The summed E-state index contributed by atoms with van der Waals surface area (Å²) >= 11 is 1.15. The smallest absolute Gasteiger partial charge is 0.328 e. The maximum Gasteiger partial charge on any atom is 0.328 e. The monoisotopic (exact) mass is 359 g/mol. The number of aliphatic carboxylic acids is 1. The molecule has 9 heteroatoms. The van der Waals surface area contributed by atoms with E-state index < -0.39 is 59.3 Å². The van der Waals surface area contributed by atoms with E-state index >= 15 is 0 Å². The summed E-state index contributed by atoms with van der Waals surface area (Å²) in [6, 6.07) is 3.41. The maximum absolute atomic E-state index is 13.2. The first kappa shape index (κ1) is 17.1. The van der Waals surface area contributed by atoms with Crippen LogP contribution in [0.4, 0.5) is 8.78 Å². The Morgan fingerprint density at radius 1 is 1.21 bits per heavy atom. The summed E-state index contributed by atoms with van der Waals surface area (Å²) in [4.78, 5) is 27.8. The molecule has 2 aliphatic carbocycles. The summed E-state index contributed by atoms with van der Waals surface area (Å²) < 4.78 is 26.2. The molecule has 24 heavy (non-hydrogen) atoms. The van der Waals surface area contributed by atoms with Crippen LogP contribution in [0.25, 0.3) is 0 Å². The summed E-state index contributed by atoms with van der Waals surface area (Å²) in [5.74, 6) is -1.82. The number of aliphatic hydroxyl groups excluding tert-OH is 1. The fraction of sp³-hybridized carbons (Fsp3) is 0.467.